The van der Waals surface area contributed by atoms with Crippen molar-refractivity contribution in [2.45, 2.75) is 6.17 Å². The van der Waals surface area contributed by atoms with Crippen molar-refractivity contribution in [3.8, 4) is 0 Å². The standard InChI is InChI=1S/C10H9FO2/c1-7(10(12)13)9(11)8-5-3-2-4-6-8/h2-6,9H,1H2,(H,12,13). The summed E-state index contributed by atoms with van der Waals surface area (Å²) in [6, 6.07) is 8.09. The van der Waals surface area contributed by atoms with Gasteiger partial charge in [0.15, 0.2) is 6.17 Å². The van der Waals surface area contributed by atoms with Crippen molar-refractivity contribution in [1.82, 2.24) is 0 Å². The van der Waals surface area contributed by atoms with Crippen LogP contribution in [0.25, 0.3) is 0 Å². The van der Waals surface area contributed by atoms with Gasteiger partial charge >= 0.3 is 5.97 Å². The van der Waals surface area contributed by atoms with Crippen molar-refractivity contribution >= 4 is 5.97 Å². The predicted molar refractivity (Wildman–Crippen MR) is 47.1 cm³/mol. The number of hydrogen-bond acceptors (Lipinski definition) is 1. The van der Waals surface area contributed by atoms with Crippen molar-refractivity contribution in [2.75, 3.05) is 0 Å². The van der Waals surface area contributed by atoms with Gasteiger partial charge in [0.05, 0.1) is 5.57 Å². The third kappa shape index (κ3) is 2.15. The molecule has 68 valence electrons. The highest BCUT2D eigenvalue weighted by molar-refractivity contribution is 5.87. The number of halogens is 1. The number of carboxylic acids is 1. The van der Waals surface area contributed by atoms with Gasteiger partial charge in [-0.05, 0) is 5.56 Å². The molecule has 0 bridgehead atoms. The van der Waals surface area contributed by atoms with E-state index < -0.39 is 17.7 Å². The smallest absolute Gasteiger partial charge is 0.334 e. The molecule has 1 unspecified atom stereocenters. The van der Waals surface area contributed by atoms with E-state index in [1.54, 1.807) is 18.2 Å². The van der Waals surface area contributed by atoms with Gasteiger partial charge in [0.25, 0.3) is 0 Å². The van der Waals surface area contributed by atoms with E-state index in [0.29, 0.717) is 5.56 Å². The summed E-state index contributed by atoms with van der Waals surface area (Å²) in [5.41, 5.74) is -0.124. The molecule has 1 aromatic carbocycles. The van der Waals surface area contributed by atoms with Gasteiger partial charge in [-0.25, -0.2) is 9.18 Å². The van der Waals surface area contributed by atoms with Crippen LogP contribution in [0.3, 0.4) is 0 Å². The molecule has 13 heavy (non-hydrogen) atoms. The van der Waals surface area contributed by atoms with Crippen LogP contribution in [0.4, 0.5) is 4.39 Å². The molecular weight excluding hydrogens is 171 g/mol. The van der Waals surface area contributed by atoms with Gasteiger partial charge in [0.2, 0.25) is 0 Å². The quantitative estimate of drug-likeness (QED) is 0.725. The van der Waals surface area contributed by atoms with E-state index in [0.717, 1.165) is 0 Å². The van der Waals surface area contributed by atoms with Gasteiger partial charge in [-0.15, -0.1) is 0 Å². The van der Waals surface area contributed by atoms with E-state index in [-0.39, 0.29) is 0 Å². The van der Waals surface area contributed by atoms with Gasteiger partial charge in [-0.3, -0.25) is 0 Å². The lowest BCUT2D eigenvalue weighted by atomic mass is 10.0. The van der Waals surface area contributed by atoms with Crippen LogP contribution in [0, 0.1) is 0 Å². The van der Waals surface area contributed by atoms with Gasteiger partial charge in [0, 0.05) is 0 Å². The zero-order chi connectivity index (χ0) is 9.84. The van der Waals surface area contributed by atoms with Gasteiger partial charge in [-0.1, -0.05) is 36.9 Å². The summed E-state index contributed by atoms with van der Waals surface area (Å²) in [5, 5.41) is 8.47. The number of benzene rings is 1. The van der Waals surface area contributed by atoms with Crippen LogP contribution in [-0.2, 0) is 4.79 Å². The van der Waals surface area contributed by atoms with Gasteiger partial charge in [0.1, 0.15) is 0 Å². The normalized spacial score (nSPS) is 12.1. The van der Waals surface area contributed by atoms with Crippen LogP contribution in [0.1, 0.15) is 11.7 Å². The minimum Gasteiger partial charge on any atom is -0.478 e. The molecule has 1 rings (SSSR count). The van der Waals surface area contributed by atoms with Crippen molar-refractivity contribution < 1.29 is 14.3 Å². The van der Waals surface area contributed by atoms with E-state index in [9.17, 15) is 9.18 Å². The van der Waals surface area contributed by atoms with Crippen molar-refractivity contribution in [3.63, 3.8) is 0 Å². The number of aliphatic carboxylic acids is 1. The van der Waals surface area contributed by atoms with Crippen molar-refractivity contribution in [1.29, 1.82) is 0 Å². The molecule has 0 aromatic heterocycles. The summed E-state index contributed by atoms with van der Waals surface area (Å²) < 4.78 is 13.3. The topological polar surface area (TPSA) is 37.3 Å². The molecule has 1 N–H and O–H groups in total. The first-order valence-corrected chi connectivity index (χ1v) is 3.74. The minimum atomic E-state index is -1.63. The summed E-state index contributed by atoms with van der Waals surface area (Å²) >= 11 is 0. The molecule has 3 heteroatoms. The molecule has 0 aliphatic heterocycles. The van der Waals surface area contributed by atoms with Crippen LogP contribution in [0.2, 0.25) is 0 Å². The van der Waals surface area contributed by atoms with E-state index in [1.165, 1.54) is 12.1 Å². The molecule has 0 radical (unpaired) electrons. The number of rotatable bonds is 3. The monoisotopic (exact) mass is 180 g/mol. The third-order valence-corrected chi connectivity index (χ3v) is 1.67. The molecule has 1 aromatic rings. The average molecular weight is 180 g/mol. The average Bonchev–Trinajstić information content (AvgIpc) is 2.17. The molecule has 0 spiro atoms. The second kappa shape index (κ2) is 3.85. The van der Waals surface area contributed by atoms with E-state index in [2.05, 4.69) is 6.58 Å². The Labute approximate surface area is 75.3 Å². The molecule has 0 aliphatic rings. The summed E-state index contributed by atoms with van der Waals surface area (Å²) in [6.45, 7) is 3.16. The maximum atomic E-state index is 13.3. The Balaban J connectivity index is 2.86. The fourth-order valence-electron chi connectivity index (χ4n) is 0.932. The highest BCUT2D eigenvalue weighted by Gasteiger charge is 2.18. The molecule has 0 heterocycles. The lowest BCUT2D eigenvalue weighted by Gasteiger charge is -2.06. The Morgan fingerprint density at radius 2 is 1.92 bits per heavy atom. The first-order valence-electron chi connectivity index (χ1n) is 3.74. The Hall–Kier alpha value is -1.64. The summed E-state index contributed by atoms with van der Waals surface area (Å²) in [5.74, 6) is -1.31. The van der Waals surface area contributed by atoms with Gasteiger partial charge < -0.3 is 5.11 Å². The van der Waals surface area contributed by atoms with Gasteiger partial charge in [-0.2, -0.15) is 0 Å². The maximum Gasteiger partial charge on any atom is 0.334 e. The summed E-state index contributed by atoms with van der Waals surface area (Å²) in [4.78, 5) is 10.4. The lowest BCUT2D eigenvalue weighted by molar-refractivity contribution is -0.133. The molecule has 2 nitrogen and oxygen atoms in total. The molecule has 1 atom stereocenters. The Morgan fingerprint density at radius 1 is 1.38 bits per heavy atom. The first kappa shape index (κ1) is 9.45. The van der Waals surface area contributed by atoms with E-state index >= 15 is 0 Å². The zero-order valence-corrected chi connectivity index (χ0v) is 6.90. The molecule has 0 saturated carbocycles. The molecule has 0 fully saturated rings. The highest BCUT2D eigenvalue weighted by Crippen LogP contribution is 2.24. The Bertz CT molecular complexity index is 319. The second-order valence-corrected chi connectivity index (χ2v) is 2.60. The molecule has 0 saturated heterocycles. The highest BCUT2D eigenvalue weighted by atomic mass is 19.1. The molecule has 0 amide bonds. The van der Waals surface area contributed by atoms with Crippen LogP contribution < -0.4 is 0 Å². The van der Waals surface area contributed by atoms with Crippen molar-refractivity contribution in [3.05, 3.63) is 48.0 Å². The minimum absolute atomic E-state index is 0.315. The fraction of sp³-hybridized carbons (Fsp3) is 0.100. The predicted octanol–water partition coefficient (Wildman–Crippen LogP) is 2.34. The number of alkyl halides is 1. The first-order chi connectivity index (χ1) is 6.13. The Morgan fingerprint density at radius 3 is 2.38 bits per heavy atom. The summed E-state index contributed by atoms with van der Waals surface area (Å²) in [6.07, 6.45) is -1.63. The van der Waals surface area contributed by atoms with E-state index in [4.69, 9.17) is 5.11 Å². The second-order valence-electron chi connectivity index (χ2n) is 2.60. The third-order valence-electron chi connectivity index (χ3n) is 1.67. The number of carboxylic acid groups (broad SMARTS) is 1. The van der Waals surface area contributed by atoms with Crippen LogP contribution in [-0.4, -0.2) is 11.1 Å². The fourth-order valence-corrected chi connectivity index (χ4v) is 0.932. The van der Waals surface area contributed by atoms with Crippen LogP contribution in [0.15, 0.2) is 42.5 Å². The van der Waals surface area contributed by atoms with Crippen molar-refractivity contribution in [2.24, 2.45) is 0 Å². The number of hydrogen-bond donors (Lipinski definition) is 1. The summed E-state index contributed by atoms with van der Waals surface area (Å²) in [7, 11) is 0. The lowest BCUT2D eigenvalue weighted by Crippen LogP contribution is -2.05. The SMILES string of the molecule is C=C(C(=O)O)C(F)c1ccccc1. The van der Waals surface area contributed by atoms with Crippen LogP contribution in [0.5, 0.6) is 0 Å². The molecular formula is C10H9FO2. The molecule has 0 aliphatic carbocycles. The number of carbonyl (C=O) groups is 1. The largest absolute Gasteiger partial charge is 0.478 e. The van der Waals surface area contributed by atoms with Crippen LogP contribution >= 0.6 is 0 Å². The van der Waals surface area contributed by atoms with E-state index in [1.807, 2.05) is 0 Å². The Kier molecular flexibility index (Phi) is 2.80. The zero-order valence-electron chi connectivity index (χ0n) is 6.90. The maximum absolute atomic E-state index is 13.3.